The number of aryl methyl sites for hydroxylation is 1. The molecule has 43 heavy (non-hydrogen) atoms. The molecule has 10 nitrogen and oxygen atoms in total. The number of hydrogen-bond acceptors (Lipinski definition) is 8. The molecule has 4 rings (SSSR count). The molecule has 1 N–H and O–H groups in total. The van der Waals surface area contributed by atoms with Gasteiger partial charge in [0.25, 0.3) is 0 Å². The number of nitrogens with zero attached hydrogens (tertiary/aromatic N) is 6. The van der Waals surface area contributed by atoms with Crippen LogP contribution in [0.4, 0.5) is 30.4 Å². The summed E-state index contributed by atoms with van der Waals surface area (Å²) in [5.41, 5.74) is 0.533. The summed E-state index contributed by atoms with van der Waals surface area (Å²) >= 11 is 0. The van der Waals surface area contributed by atoms with E-state index >= 15 is 0 Å². The average Bonchev–Trinajstić information content (AvgIpc) is 2.97. The molecular weight excluding hydrogens is 563 g/mol. The van der Waals surface area contributed by atoms with Crippen LogP contribution < -0.4 is 20.8 Å². The summed E-state index contributed by atoms with van der Waals surface area (Å²) in [6.07, 6.45) is -3.63. The van der Waals surface area contributed by atoms with Crippen LogP contribution in [-0.4, -0.2) is 59.3 Å². The third-order valence-corrected chi connectivity index (χ3v) is 8.12. The fraction of sp³-hybridized carbons (Fsp3) is 0.500. The van der Waals surface area contributed by atoms with E-state index in [4.69, 9.17) is 4.74 Å². The lowest BCUT2D eigenvalue weighted by atomic mass is 9.92. The lowest BCUT2D eigenvalue weighted by molar-refractivity contribution is -0.137. The Labute approximate surface area is 248 Å². The Balaban J connectivity index is 1.91. The van der Waals surface area contributed by atoms with E-state index < -0.39 is 23.5 Å². The highest BCUT2D eigenvalue weighted by Crippen LogP contribution is 2.45. The lowest BCUT2D eigenvalue weighted by Gasteiger charge is -2.48. The van der Waals surface area contributed by atoms with E-state index in [1.54, 1.807) is 24.9 Å². The molecule has 1 saturated heterocycles. The smallest absolute Gasteiger partial charge is 0.384 e. The first-order chi connectivity index (χ1) is 20.4. The van der Waals surface area contributed by atoms with Crippen LogP contribution in [0.3, 0.4) is 0 Å². The van der Waals surface area contributed by atoms with Gasteiger partial charge in [-0.2, -0.15) is 23.4 Å². The Morgan fingerprint density at radius 1 is 1.16 bits per heavy atom. The minimum Gasteiger partial charge on any atom is -0.384 e. The molecule has 1 amide bonds. The second-order valence-electron chi connectivity index (χ2n) is 10.7. The van der Waals surface area contributed by atoms with Crippen LogP contribution in [0, 0.1) is 18.3 Å². The zero-order valence-corrected chi connectivity index (χ0v) is 25.2. The summed E-state index contributed by atoms with van der Waals surface area (Å²) in [4.78, 5) is 37.4. The summed E-state index contributed by atoms with van der Waals surface area (Å²) in [6.45, 7) is 7.25. The predicted molar refractivity (Wildman–Crippen MR) is 158 cm³/mol. The monoisotopic (exact) mass is 599 g/mol. The zero-order chi connectivity index (χ0) is 31.6. The van der Waals surface area contributed by atoms with Crippen molar-refractivity contribution in [3.05, 3.63) is 51.1 Å². The number of rotatable bonds is 8. The van der Waals surface area contributed by atoms with Crippen molar-refractivity contribution < 1.29 is 22.7 Å². The van der Waals surface area contributed by atoms with E-state index in [9.17, 15) is 28.0 Å². The maximum absolute atomic E-state index is 14.9. The van der Waals surface area contributed by atoms with Crippen LogP contribution in [0.1, 0.15) is 56.0 Å². The van der Waals surface area contributed by atoms with E-state index in [-0.39, 0.29) is 55.0 Å². The Kier molecular flexibility index (Phi) is 9.29. The van der Waals surface area contributed by atoms with Crippen LogP contribution in [0.25, 0.3) is 11.0 Å². The molecular formula is C30H36F3N7O3. The Bertz CT molecular complexity index is 1630. The van der Waals surface area contributed by atoms with Crippen molar-refractivity contribution in [2.45, 2.75) is 65.2 Å². The van der Waals surface area contributed by atoms with Crippen molar-refractivity contribution in [2.75, 3.05) is 41.9 Å². The lowest BCUT2D eigenvalue weighted by Crippen LogP contribution is -2.59. The van der Waals surface area contributed by atoms with Crippen molar-refractivity contribution in [3.8, 4) is 6.07 Å². The van der Waals surface area contributed by atoms with Gasteiger partial charge in [0.15, 0.2) is 5.82 Å². The van der Waals surface area contributed by atoms with Gasteiger partial charge < -0.3 is 19.9 Å². The molecule has 1 fully saturated rings. The first kappa shape index (κ1) is 31.7. The van der Waals surface area contributed by atoms with Gasteiger partial charge in [0.05, 0.1) is 23.4 Å². The van der Waals surface area contributed by atoms with Crippen LogP contribution in [0.15, 0.2) is 23.0 Å². The topological polar surface area (TPSA) is 116 Å². The molecule has 0 bridgehead atoms. The number of nitriles is 1. The normalized spacial score (nSPS) is 17.3. The summed E-state index contributed by atoms with van der Waals surface area (Å²) in [6, 6.07) is 5.87. The quantitative estimate of drug-likeness (QED) is 0.401. The van der Waals surface area contributed by atoms with E-state index in [2.05, 4.69) is 15.3 Å². The molecule has 3 heterocycles. The number of halogens is 3. The van der Waals surface area contributed by atoms with Crippen molar-refractivity contribution in [2.24, 2.45) is 7.05 Å². The Morgan fingerprint density at radius 2 is 1.81 bits per heavy atom. The van der Waals surface area contributed by atoms with E-state index in [1.807, 2.05) is 24.8 Å². The van der Waals surface area contributed by atoms with Crippen LogP contribution >= 0.6 is 0 Å². The molecule has 1 aliphatic heterocycles. The van der Waals surface area contributed by atoms with Gasteiger partial charge >= 0.3 is 11.9 Å². The maximum atomic E-state index is 14.9. The number of anilines is 3. The molecule has 0 spiro atoms. The number of piperazine rings is 1. The summed E-state index contributed by atoms with van der Waals surface area (Å²) in [5, 5.41) is 12.2. The molecule has 0 radical (unpaired) electrons. The number of benzene rings is 1. The third-order valence-electron chi connectivity index (χ3n) is 8.12. The number of nitrogens with one attached hydrogen (secondary N) is 1. The number of carbonyl (C=O) groups excluding carboxylic acids is 1. The largest absolute Gasteiger partial charge is 0.418 e. The molecule has 13 heteroatoms. The van der Waals surface area contributed by atoms with Crippen molar-refractivity contribution in [3.63, 3.8) is 0 Å². The molecule has 2 atom stereocenters. The number of amides is 1. The third kappa shape index (κ3) is 6.15. The highest BCUT2D eigenvalue weighted by molar-refractivity contribution is 5.91. The SMILES string of the molecule is CC[C@@H]1CN(c2nc(=O)n(C)c3ccc(C#N)nc23)[C@@H](CC)CN1c1cc(NC(C)=O)c(C)c(CCOC)c1C(F)(F)F. The number of ether oxygens (including phenoxy) is 1. The highest BCUT2D eigenvalue weighted by atomic mass is 19.4. The number of aromatic nitrogens is 3. The van der Waals surface area contributed by atoms with Gasteiger partial charge in [0.1, 0.15) is 17.3 Å². The number of pyridine rings is 1. The zero-order valence-electron chi connectivity index (χ0n) is 25.2. The molecule has 0 unspecified atom stereocenters. The number of alkyl halides is 3. The first-order valence-corrected chi connectivity index (χ1v) is 14.2. The standard InChI is InChI=1S/C30H36F3N7O3/c1-7-20-16-40(28-27-24(38(5)29(42)37-28)10-9-19(14-34)36-27)21(8-2)15-39(20)25-13-23(35-18(4)41)17(3)22(11-12-43-6)26(25)30(31,32)33/h9-10,13,20-21H,7-8,11-12,15-16H2,1-6H3,(H,35,41)/t20-,21+/m1/s1. The first-order valence-electron chi connectivity index (χ1n) is 14.2. The van der Waals surface area contributed by atoms with E-state index in [0.717, 1.165) is 0 Å². The van der Waals surface area contributed by atoms with Crippen LogP contribution in [0.2, 0.25) is 0 Å². The van der Waals surface area contributed by atoms with Crippen molar-refractivity contribution in [1.29, 1.82) is 5.26 Å². The summed E-state index contributed by atoms with van der Waals surface area (Å²) in [5.74, 6) is -0.0811. The van der Waals surface area contributed by atoms with Gasteiger partial charge in [-0.1, -0.05) is 13.8 Å². The molecule has 0 aliphatic carbocycles. The van der Waals surface area contributed by atoms with Gasteiger partial charge in [0, 0.05) is 51.9 Å². The number of methoxy groups -OCH3 is 1. The maximum Gasteiger partial charge on any atom is 0.418 e. The number of hydrogen-bond donors (Lipinski definition) is 1. The van der Waals surface area contributed by atoms with Gasteiger partial charge in [0.2, 0.25) is 5.91 Å². The predicted octanol–water partition coefficient (Wildman–Crippen LogP) is 4.56. The van der Waals surface area contributed by atoms with Gasteiger partial charge in [-0.15, -0.1) is 0 Å². The fourth-order valence-corrected chi connectivity index (χ4v) is 5.87. The summed E-state index contributed by atoms with van der Waals surface area (Å²) < 4.78 is 51.2. The van der Waals surface area contributed by atoms with Crippen LogP contribution in [0.5, 0.6) is 0 Å². The molecule has 230 valence electrons. The van der Waals surface area contributed by atoms with Crippen molar-refractivity contribution >= 4 is 34.1 Å². The molecule has 1 aromatic carbocycles. The molecule has 1 aliphatic rings. The average molecular weight is 600 g/mol. The Morgan fingerprint density at radius 3 is 2.40 bits per heavy atom. The van der Waals surface area contributed by atoms with E-state index in [0.29, 0.717) is 40.9 Å². The highest BCUT2D eigenvalue weighted by Gasteiger charge is 2.42. The summed E-state index contributed by atoms with van der Waals surface area (Å²) in [7, 11) is 3.01. The Hall–Kier alpha value is -4.18. The minimum atomic E-state index is -4.67. The second-order valence-corrected chi connectivity index (χ2v) is 10.7. The van der Waals surface area contributed by atoms with Gasteiger partial charge in [-0.3, -0.25) is 9.36 Å². The molecule has 0 saturated carbocycles. The molecule has 2 aromatic heterocycles. The van der Waals surface area contributed by atoms with Gasteiger partial charge in [-0.05, 0) is 55.5 Å². The van der Waals surface area contributed by atoms with Crippen LogP contribution in [-0.2, 0) is 29.2 Å². The fourth-order valence-electron chi connectivity index (χ4n) is 5.87. The van der Waals surface area contributed by atoms with Crippen molar-refractivity contribution in [1.82, 2.24) is 14.5 Å². The number of fused-ring (bicyclic) bond motifs is 1. The van der Waals surface area contributed by atoms with Gasteiger partial charge in [-0.25, -0.2) is 9.78 Å². The molecule has 3 aromatic rings. The second kappa shape index (κ2) is 12.6. The number of carbonyl (C=O) groups is 1. The van der Waals surface area contributed by atoms with E-state index in [1.165, 1.54) is 30.7 Å². The minimum absolute atomic E-state index is 0.00964.